The van der Waals surface area contributed by atoms with Crippen LogP contribution in [0.3, 0.4) is 0 Å². The van der Waals surface area contributed by atoms with Crippen LogP contribution in [-0.4, -0.2) is 54.3 Å². The summed E-state index contributed by atoms with van der Waals surface area (Å²) in [5.41, 5.74) is 8.88. The highest BCUT2D eigenvalue weighted by Gasteiger charge is 2.38. The SMILES string of the molecule is C=O.CC.CC(C)N1CCC2CC(N3CCCCC3)C=CC21.Cc1ccc(C)c(N)c1. The van der Waals surface area contributed by atoms with E-state index in [0.717, 1.165) is 29.3 Å². The van der Waals surface area contributed by atoms with E-state index in [2.05, 4.69) is 41.9 Å². The second-order valence-electron chi connectivity index (χ2n) is 9.02. The fourth-order valence-electron chi connectivity index (χ4n) is 4.94. The Hall–Kier alpha value is -1.65. The molecule has 1 aromatic carbocycles. The van der Waals surface area contributed by atoms with E-state index in [1.54, 1.807) is 0 Å². The van der Waals surface area contributed by atoms with Gasteiger partial charge in [-0.3, -0.25) is 9.80 Å². The minimum absolute atomic E-state index is 0.705. The smallest absolute Gasteiger partial charge is 0.106 e. The van der Waals surface area contributed by atoms with Gasteiger partial charge in [0.15, 0.2) is 0 Å². The van der Waals surface area contributed by atoms with E-state index < -0.39 is 0 Å². The van der Waals surface area contributed by atoms with E-state index in [9.17, 15) is 0 Å². The molecule has 2 saturated heterocycles. The number of nitrogen functional groups attached to an aromatic ring is 1. The van der Waals surface area contributed by atoms with Gasteiger partial charge in [-0.25, -0.2) is 0 Å². The molecule has 4 rings (SSSR count). The summed E-state index contributed by atoms with van der Waals surface area (Å²) >= 11 is 0. The van der Waals surface area contributed by atoms with Gasteiger partial charge in [0.2, 0.25) is 0 Å². The summed E-state index contributed by atoms with van der Waals surface area (Å²) in [6.07, 6.45) is 12.1. The third-order valence-corrected chi connectivity index (χ3v) is 6.66. The van der Waals surface area contributed by atoms with E-state index in [-0.39, 0.29) is 0 Å². The molecule has 4 nitrogen and oxygen atoms in total. The number of aryl methyl sites for hydroxylation is 2. The molecule has 0 bridgehead atoms. The summed E-state index contributed by atoms with van der Waals surface area (Å²) in [7, 11) is 0. The molecule has 0 spiro atoms. The summed E-state index contributed by atoms with van der Waals surface area (Å²) in [4.78, 5) is 13.4. The molecule has 2 N–H and O–H groups in total. The van der Waals surface area contributed by atoms with Crippen molar-refractivity contribution in [1.29, 1.82) is 0 Å². The van der Waals surface area contributed by atoms with Crippen LogP contribution in [0.15, 0.2) is 30.4 Å². The highest BCUT2D eigenvalue weighted by atomic mass is 16.1. The van der Waals surface area contributed by atoms with Crippen molar-refractivity contribution in [2.24, 2.45) is 5.92 Å². The van der Waals surface area contributed by atoms with Crippen LogP contribution >= 0.6 is 0 Å². The molecule has 2 fully saturated rings. The molecule has 2 aliphatic heterocycles. The van der Waals surface area contributed by atoms with Crippen LogP contribution in [0.1, 0.15) is 70.9 Å². The van der Waals surface area contributed by atoms with Gasteiger partial charge in [-0.1, -0.05) is 44.6 Å². The monoisotopic (exact) mass is 429 g/mol. The quantitative estimate of drug-likeness (QED) is 0.489. The van der Waals surface area contributed by atoms with Gasteiger partial charge in [0.25, 0.3) is 0 Å². The molecule has 1 aliphatic carbocycles. The maximum absolute atomic E-state index is 8.00. The number of hydrogen-bond acceptors (Lipinski definition) is 4. The molecule has 3 atom stereocenters. The van der Waals surface area contributed by atoms with Crippen molar-refractivity contribution in [1.82, 2.24) is 9.80 Å². The molecule has 2 heterocycles. The first-order valence-electron chi connectivity index (χ1n) is 12.3. The third kappa shape index (κ3) is 8.08. The molecule has 3 unspecified atom stereocenters. The number of piperidine rings is 1. The van der Waals surface area contributed by atoms with Crippen molar-refractivity contribution in [2.75, 3.05) is 25.4 Å². The molecule has 0 amide bonds. The fourth-order valence-corrected chi connectivity index (χ4v) is 4.94. The maximum Gasteiger partial charge on any atom is 0.106 e. The highest BCUT2D eigenvalue weighted by Crippen LogP contribution is 2.35. The first-order valence-corrected chi connectivity index (χ1v) is 12.3. The van der Waals surface area contributed by atoms with Crippen LogP contribution in [-0.2, 0) is 4.79 Å². The highest BCUT2D eigenvalue weighted by molar-refractivity contribution is 5.47. The summed E-state index contributed by atoms with van der Waals surface area (Å²) in [6, 6.07) is 8.27. The number of hydrogen-bond donors (Lipinski definition) is 1. The second kappa shape index (κ2) is 14.4. The van der Waals surface area contributed by atoms with Gasteiger partial charge >= 0.3 is 0 Å². The van der Waals surface area contributed by atoms with E-state index in [1.165, 1.54) is 57.3 Å². The van der Waals surface area contributed by atoms with Crippen molar-refractivity contribution >= 4 is 12.5 Å². The lowest BCUT2D eigenvalue weighted by Crippen LogP contribution is -2.44. The summed E-state index contributed by atoms with van der Waals surface area (Å²) in [6.45, 7) is 18.7. The van der Waals surface area contributed by atoms with Crippen LogP contribution < -0.4 is 5.73 Å². The van der Waals surface area contributed by atoms with Crippen LogP contribution in [0.2, 0.25) is 0 Å². The van der Waals surface area contributed by atoms with Crippen LogP contribution in [0.25, 0.3) is 0 Å². The molecule has 176 valence electrons. The fraction of sp³-hybridized carbons (Fsp3) is 0.667. The first-order chi connectivity index (χ1) is 15.0. The summed E-state index contributed by atoms with van der Waals surface area (Å²) < 4.78 is 0. The molecular weight excluding hydrogens is 382 g/mol. The van der Waals surface area contributed by atoms with Gasteiger partial charge in [0, 0.05) is 23.8 Å². The maximum atomic E-state index is 8.00. The largest absolute Gasteiger partial charge is 0.399 e. The Morgan fingerprint density at radius 1 is 1.00 bits per heavy atom. The predicted molar refractivity (Wildman–Crippen MR) is 136 cm³/mol. The number of nitrogens with two attached hydrogens (primary N) is 1. The zero-order valence-electron chi connectivity index (χ0n) is 20.9. The molecule has 1 aromatic rings. The Bertz CT molecular complexity index is 652. The second-order valence-corrected chi connectivity index (χ2v) is 9.02. The zero-order chi connectivity index (χ0) is 23.4. The van der Waals surface area contributed by atoms with Gasteiger partial charge in [-0.05, 0) is 96.1 Å². The van der Waals surface area contributed by atoms with Crippen molar-refractivity contribution in [3.05, 3.63) is 41.5 Å². The lowest BCUT2D eigenvalue weighted by Gasteiger charge is -2.39. The van der Waals surface area contributed by atoms with Crippen LogP contribution in [0, 0.1) is 19.8 Å². The van der Waals surface area contributed by atoms with Gasteiger partial charge in [-0.2, -0.15) is 0 Å². The van der Waals surface area contributed by atoms with E-state index in [1.807, 2.05) is 46.6 Å². The van der Waals surface area contributed by atoms with Crippen molar-refractivity contribution in [2.45, 2.75) is 91.8 Å². The van der Waals surface area contributed by atoms with Crippen LogP contribution in [0.5, 0.6) is 0 Å². The number of rotatable bonds is 2. The summed E-state index contributed by atoms with van der Waals surface area (Å²) in [5, 5.41) is 0. The Morgan fingerprint density at radius 2 is 1.65 bits per heavy atom. The van der Waals surface area contributed by atoms with E-state index in [4.69, 9.17) is 10.5 Å². The van der Waals surface area contributed by atoms with E-state index in [0.29, 0.717) is 6.04 Å². The zero-order valence-corrected chi connectivity index (χ0v) is 20.9. The molecule has 31 heavy (non-hydrogen) atoms. The number of likely N-dealkylation sites (tertiary alicyclic amines) is 2. The average molecular weight is 430 g/mol. The van der Waals surface area contributed by atoms with Crippen molar-refractivity contribution < 1.29 is 4.79 Å². The Morgan fingerprint density at radius 3 is 2.19 bits per heavy atom. The summed E-state index contributed by atoms with van der Waals surface area (Å²) in [5.74, 6) is 0.921. The Labute approximate surface area is 191 Å². The standard InChI is InChI=1S/C16H28N2.C8H11N.C2H6.CH2O/c1-13(2)18-11-8-14-12-15(6-7-16(14)18)17-9-4-3-5-10-17;1-6-3-4-7(2)8(9)5-6;2*1-2/h6-7,13-16H,3-5,8-12H2,1-2H3;3-5H,9H2,1-2H3;1-2H3;1H2. The number of carbonyl (C=O) groups excluding carboxylic acids is 1. The van der Waals surface area contributed by atoms with Crippen molar-refractivity contribution in [3.8, 4) is 0 Å². The Kier molecular flexibility index (Phi) is 12.7. The number of fused-ring (bicyclic) bond motifs is 1. The molecule has 0 aromatic heterocycles. The lowest BCUT2D eigenvalue weighted by atomic mass is 9.86. The topological polar surface area (TPSA) is 49.6 Å². The predicted octanol–water partition coefficient (Wildman–Crippen LogP) is 5.63. The number of carbonyl (C=O) groups is 1. The average Bonchev–Trinajstić information content (AvgIpc) is 3.24. The molecule has 3 aliphatic rings. The van der Waals surface area contributed by atoms with Gasteiger partial charge in [-0.15, -0.1) is 0 Å². The van der Waals surface area contributed by atoms with Crippen molar-refractivity contribution in [3.63, 3.8) is 0 Å². The minimum atomic E-state index is 0.705. The third-order valence-electron chi connectivity index (χ3n) is 6.66. The minimum Gasteiger partial charge on any atom is -0.399 e. The first kappa shape index (κ1) is 27.4. The number of nitrogens with zero attached hydrogens (tertiary/aromatic N) is 2. The van der Waals surface area contributed by atoms with Gasteiger partial charge < -0.3 is 10.5 Å². The molecular formula is C27H47N3O. The number of anilines is 1. The van der Waals surface area contributed by atoms with Gasteiger partial charge in [0.1, 0.15) is 6.79 Å². The molecule has 0 saturated carbocycles. The molecule has 0 radical (unpaired) electrons. The normalized spacial score (nSPS) is 25.3. The van der Waals surface area contributed by atoms with E-state index >= 15 is 0 Å². The lowest BCUT2D eigenvalue weighted by molar-refractivity contribution is -0.0979. The van der Waals surface area contributed by atoms with Crippen LogP contribution in [0.4, 0.5) is 5.69 Å². The number of benzene rings is 1. The Balaban J connectivity index is 0.000000313. The van der Waals surface area contributed by atoms with Gasteiger partial charge in [0.05, 0.1) is 0 Å². The molecule has 4 heteroatoms.